The van der Waals surface area contributed by atoms with Crippen molar-refractivity contribution in [1.29, 1.82) is 0 Å². The molecule has 2 aromatic rings. The van der Waals surface area contributed by atoms with Gasteiger partial charge in [0, 0.05) is 13.2 Å². The number of hydrogen-bond acceptors (Lipinski definition) is 5. The van der Waals surface area contributed by atoms with Gasteiger partial charge in [0.15, 0.2) is 11.6 Å². The van der Waals surface area contributed by atoms with Gasteiger partial charge in [-0.1, -0.05) is 12.1 Å². The number of nitrogens with two attached hydrogens (primary N) is 1. The van der Waals surface area contributed by atoms with Crippen LogP contribution in [0.15, 0.2) is 24.3 Å². The summed E-state index contributed by atoms with van der Waals surface area (Å²) in [6, 6.07) is 7.61. The predicted molar refractivity (Wildman–Crippen MR) is 68.8 cm³/mol. The summed E-state index contributed by atoms with van der Waals surface area (Å²) in [6.07, 6.45) is 1.65. The third-order valence-electron chi connectivity index (χ3n) is 2.47. The van der Waals surface area contributed by atoms with Crippen LogP contribution in [0.25, 0.3) is 11.0 Å². The van der Waals surface area contributed by atoms with Crippen LogP contribution in [-0.2, 0) is 0 Å². The first-order chi connectivity index (χ1) is 8.31. The number of aromatic nitrogens is 2. The first-order valence-electron chi connectivity index (χ1n) is 5.68. The summed E-state index contributed by atoms with van der Waals surface area (Å²) >= 11 is 0. The first kappa shape index (κ1) is 11.6. The van der Waals surface area contributed by atoms with E-state index in [0.29, 0.717) is 11.6 Å². The molecule has 5 nitrogen and oxygen atoms in total. The Kier molecular flexibility index (Phi) is 3.72. The average molecular weight is 232 g/mol. The molecule has 0 unspecified atom stereocenters. The van der Waals surface area contributed by atoms with E-state index in [-0.39, 0.29) is 6.61 Å². The van der Waals surface area contributed by atoms with E-state index < -0.39 is 0 Å². The molecule has 1 aromatic heterocycles. The van der Waals surface area contributed by atoms with E-state index in [1.807, 2.05) is 24.3 Å². The normalized spacial score (nSPS) is 10.6. The molecule has 5 heteroatoms. The number of rotatable bonds is 5. The van der Waals surface area contributed by atoms with Crippen molar-refractivity contribution < 1.29 is 5.11 Å². The van der Waals surface area contributed by atoms with Gasteiger partial charge in [-0.15, -0.1) is 0 Å². The second-order valence-electron chi connectivity index (χ2n) is 3.80. The predicted octanol–water partition coefficient (Wildman–Crippen LogP) is 1.40. The Morgan fingerprint density at radius 3 is 2.53 bits per heavy atom. The van der Waals surface area contributed by atoms with E-state index in [0.717, 1.165) is 30.4 Å². The number of para-hydroxylation sites is 2. The molecule has 0 saturated carbocycles. The maximum absolute atomic E-state index is 8.68. The quantitative estimate of drug-likeness (QED) is 0.678. The summed E-state index contributed by atoms with van der Waals surface area (Å²) in [6.45, 7) is 0.943. The fraction of sp³-hybridized carbons (Fsp3) is 0.333. The molecule has 0 aliphatic heterocycles. The minimum Gasteiger partial charge on any atom is -0.396 e. The van der Waals surface area contributed by atoms with Crippen molar-refractivity contribution in [3.8, 4) is 0 Å². The van der Waals surface area contributed by atoms with E-state index in [1.54, 1.807) is 0 Å². The Morgan fingerprint density at radius 2 is 1.82 bits per heavy atom. The number of anilines is 2. The zero-order valence-electron chi connectivity index (χ0n) is 9.56. The van der Waals surface area contributed by atoms with Crippen LogP contribution in [0.2, 0.25) is 0 Å². The lowest BCUT2D eigenvalue weighted by molar-refractivity contribution is 0.286. The van der Waals surface area contributed by atoms with Crippen molar-refractivity contribution in [2.24, 2.45) is 0 Å². The summed E-state index contributed by atoms with van der Waals surface area (Å²) in [5.41, 5.74) is 7.44. The highest BCUT2D eigenvalue weighted by Gasteiger charge is 2.04. The summed E-state index contributed by atoms with van der Waals surface area (Å²) in [5, 5.41) is 11.8. The number of unbranched alkanes of at least 4 members (excludes halogenated alkanes) is 1. The molecule has 0 fully saturated rings. The van der Waals surface area contributed by atoms with Gasteiger partial charge in [-0.3, -0.25) is 0 Å². The van der Waals surface area contributed by atoms with Crippen molar-refractivity contribution >= 4 is 22.7 Å². The van der Waals surface area contributed by atoms with Crippen LogP contribution in [0.3, 0.4) is 0 Å². The molecule has 1 aromatic carbocycles. The lowest BCUT2D eigenvalue weighted by Crippen LogP contribution is -2.08. The largest absolute Gasteiger partial charge is 0.396 e. The lowest BCUT2D eigenvalue weighted by atomic mass is 10.3. The van der Waals surface area contributed by atoms with E-state index in [9.17, 15) is 0 Å². The Bertz CT molecular complexity index is 501. The molecule has 0 atom stereocenters. The fourth-order valence-corrected chi connectivity index (χ4v) is 1.59. The van der Waals surface area contributed by atoms with Crippen LogP contribution in [0.4, 0.5) is 11.6 Å². The van der Waals surface area contributed by atoms with Crippen molar-refractivity contribution in [2.45, 2.75) is 12.8 Å². The van der Waals surface area contributed by atoms with Crippen LogP contribution in [-0.4, -0.2) is 28.2 Å². The summed E-state index contributed by atoms with van der Waals surface area (Å²) in [4.78, 5) is 8.69. The minimum absolute atomic E-state index is 0.209. The number of fused-ring (bicyclic) bond motifs is 1. The number of hydrogen-bond donors (Lipinski definition) is 3. The zero-order chi connectivity index (χ0) is 12.1. The first-order valence-corrected chi connectivity index (χ1v) is 5.68. The Hall–Kier alpha value is -1.88. The van der Waals surface area contributed by atoms with E-state index >= 15 is 0 Å². The molecule has 0 amide bonds. The molecule has 0 saturated heterocycles. The molecule has 17 heavy (non-hydrogen) atoms. The molecule has 0 radical (unpaired) electrons. The smallest absolute Gasteiger partial charge is 0.169 e. The third kappa shape index (κ3) is 2.82. The molecule has 90 valence electrons. The van der Waals surface area contributed by atoms with Crippen LogP contribution in [0, 0.1) is 0 Å². The number of nitrogens with one attached hydrogen (secondary N) is 1. The van der Waals surface area contributed by atoms with Gasteiger partial charge in [-0.25, -0.2) is 9.97 Å². The molecule has 2 rings (SSSR count). The fourth-order valence-electron chi connectivity index (χ4n) is 1.59. The Balaban J connectivity index is 2.14. The standard InChI is InChI=1S/C12H16N4O/c13-11-12(14-7-3-4-8-17)16-10-6-2-1-5-9(10)15-11/h1-2,5-6,17H,3-4,7-8H2,(H2,13,15)(H,14,16). The third-order valence-corrected chi connectivity index (χ3v) is 2.47. The topological polar surface area (TPSA) is 84.1 Å². The van der Waals surface area contributed by atoms with Crippen molar-refractivity contribution in [3.05, 3.63) is 24.3 Å². The molecule has 0 bridgehead atoms. The SMILES string of the molecule is Nc1nc2ccccc2nc1NCCCCO. The number of aliphatic hydroxyl groups is 1. The van der Waals surface area contributed by atoms with Gasteiger partial charge in [0.2, 0.25) is 0 Å². The summed E-state index contributed by atoms with van der Waals surface area (Å²) in [5.74, 6) is 1.02. The lowest BCUT2D eigenvalue weighted by Gasteiger charge is -2.08. The molecule has 0 aliphatic carbocycles. The van der Waals surface area contributed by atoms with Crippen LogP contribution < -0.4 is 11.1 Å². The Labute approximate surface area is 99.7 Å². The summed E-state index contributed by atoms with van der Waals surface area (Å²) in [7, 11) is 0. The van der Waals surface area contributed by atoms with Gasteiger partial charge in [0.05, 0.1) is 11.0 Å². The van der Waals surface area contributed by atoms with Gasteiger partial charge in [0.1, 0.15) is 0 Å². The second-order valence-corrected chi connectivity index (χ2v) is 3.80. The second kappa shape index (κ2) is 5.45. The number of nitrogen functional groups attached to an aromatic ring is 1. The molecular formula is C12H16N4O. The maximum Gasteiger partial charge on any atom is 0.169 e. The van der Waals surface area contributed by atoms with Gasteiger partial charge in [0.25, 0.3) is 0 Å². The summed E-state index contributed by atoms with van der Waals surface area (Å²) < 4.78 is 0. The average Bonchev–Trinajstić information content (AvgIpc) is 2.35. The van der Waals surface area contributed by atoms with Gasteiger partial charge in [-0.2, -0.15) is 0 Å². The minimum atomic E-state index is 0.209. The highest BCUT2D eigenvalue weighted by molar-refractivity contribution is 5.79. The molecule has 4 N–H and O–H groups in total. The highest BCUT2D eigenvalue weighted by atomic mass is 16.2. The van der Waals surface area contributed by atoms with Crippen molar-refractivity contribution in [1.82, 2.24) is 9.97 Å². The maximum atomic E-state index is 8.68. The molecule has 0 aliphatic rings. The van der Waals surface area contributed by atoms with Crippen molar-refractivity contribution in [2.75, 3.05) is 24.2 Å². The number of nitrogens with zero attached hydrogens (tertiary/aromatic N) is 2. The van der Waals surface area contributed by atoms with E-state index in [4.69, 9.17) is 10.8 Å². The molecule has 1 heterocycles. The van der Waals surface area contributed by atoms with Crippen LogP contribution in [0.5, 0.6) is 0 Å². The van der Waals surface area contributed by atoms with Gasteiger partial charge >= 0.3 is 0 Å². The van der Waals surface area contributed by atoms with Gasteiger partial charge < -0.3 is 16.2 Å². The van der Waals surface area contributed by atoms with Gasteiger partial charge in [-0.05, 0) is 25.0 Å². The zero-order valence-corrected chi connectivity index (χ0v) is 9.56. The van der Waals surface area contributed by atoms with Crippen LogP contribution in [0.1, 0.15) is 12.8 Å². The highest BCUT2D eigenvalue weighted by Crippen LogP contribution is 2.18. The van der Waals surface area contributed by atoms with Crippen LogP contribution >= 0.6 is 0 Å². The molecular weight excluding hydrogens is 216 g/mol. The van der Waals surface area contributed by atoms with Crippen molar-refractivity contribution in [3.63, 3.8) is 0 Å². The Morgan fingerprint density at radius 1 is 1.12 bits per heavy atom. The monoisotopic (exact) mass is 232 g/mol. The number of benzene rings is 1. The van der Waals surface area contributed by atoms with E-state index in [1.165, 1.54) is 0 Å². The number of aliphatic hydroxyl groups excluding tert-OH is 1. The molecule has 0 spiro atoms. The van der Waals surface area contributed by atoms with E-state index in [2.05, 4.69) is 15.3 Å².